The minimum atomic E-state index is -0.0484. The highest BCUT2D eigenvalue weighted by Crippen LogP contribution is 2.21. The average molecular weight is 235 g/mol. The number of amides is 1. The van der Waals surface area contributed by atoms with Crippen molar-refractivity contribution in [2.75, 3.05) is 33.2 Å². The molecule has 17 heavy (non-hydrogen) atoms. The highest BCUT2D eigenvalue weighted by atomic mass is 16.2. The van der Waals surface area contributed by atoms with Crippen molar-refractivity contribution in [1.82, 2.24) is 9.80 Å². The van der Waals surface area contributed by atoms with Crippen molar-refractivity contribution < 1.29 is 4.79 Å². The molecule has 94 valence electrons. The summed E-state index contributed by atoms with van der Waals surface area (Å²) in [5, 5.41) is 8.82. The second-order valence-electron chi connectivity index (χ2n) is 5.43. The molecule has 4 nitrogen and oxygen atoms in total. The van der Waals surface area contributed by atoms with Crippen LogP contribution in [0.1, 0.15) is 25.7 Å². The van der Waals surface area contributed by atoms with Crippen LogP contribution in [-0.4, -0.2) is 48.9 Å². The molecule has 0 aromatic heterocycles. The number of likely N-dealkylation sites (tertiary alicyclic amines) is 2. The van der Waals surface area contributed by atoms with Gasteiger partial charge in [0.25, 0.3) is 0 Å². The fourth-order valence-electron chi connectivity index (χ4n) is 2.92. The summed E-state index contributed by atoms with van der Waals surface area (Å²) in [6.07, 6.45) is 3.75. The Morgan fingerprint density at radius 2 is 2.24 bits per heavy atom. The minimum Gasteiger partial charge on any atom is -0.342 e. The van der Waals surface area contributed by atoms with E-state index in [9.17, 15) is 4.79 Å². The van der Waals surface area contributed by atoms with Crippen LogP contribution in [0.3, 0.4) is 0 Å². The van der Waals surface area contributed by atoms with Crippen molar-refractivity contribution in [1.29, 1.82) is 5.26 Å². The van der Waals surface area contributed by atoms with E-state index < -0.39 is 0 Å². The van der Waals surface area contributed by atoms with Crippen molar-refractivity contribution in [3.63, 3.8) is 0 Å². The van der Waals surface area contributed by atoms with Crippen molar-refractivity contribution in [2.24, 2.45) is 11.8 Å². The Hall–Kier alpha value is -1.08. The van der Waals surface area contributed by atoms with Gasteiger partial charge in [-0.25, -0.2) is 0 Å². The normalized spacial score (nSPS) is 31.3. The van der Waals surface area contributed by atoms with E-state index >= 15 is 0 Å². The van der Waals surface area contributed by atoms with E-state index in [2.05, 4.69) is 18.0 Å². The predicted molar refractivity (Wildman–Crippen MR) is 65.1 cm³/mol. The summed E-state index contributed by atoms with van der Waals surface area (Å²) in [7, 11) is 2.15. The largest absolute Gasteiger partial charge is 0.342 e. The number of nitrogens with zero attached hydrogens (tertiary/aromatic N) is 3. The molecule has 2 aliphatic heterocycles. The van der Waals surface area contributed by atoms with Gasteiger partial charge in [0.15, 0.2) is 0 Å². The molecule has 0 bridgehead atoms. The number of piperidine rings is 2. The van der Waals surface area contributed by atoms with Gasteiger partial charge in [-0.15, -0.1) is 0 Å². The van der Waals surface area contributed by atoms with Crippen LogP contribution < -0.4 is 0 Å². The zero-order valence-corrected chi connectivity index (χ0v) is 10.6. The molecule has 0 radical (unpaired) electrons. The fraction of sp³-hybridized carbons (Fsp3) is 0.846. The monoisotopic (exact) mass is 235 g/mol. The lowest BCUT2D eigenvalue weighted by Gasteiger charge is -2.36. The molecule has 2 heterocycles. The number of hydrogen-bond acceptors (Lipinski definition) is 3. The van der Waals surface area contributed by atoms with Gasteiger partial charge >= 0.3 is 0 Å². The summed E-state index contributed by atoms with van der Waals surface area (Å²) >= 11 is 0. The summed E-state index contributed by atoms with van der Waals surface area (Å²) < 4.78 is 0. The smallest absolute Gasteiger partial charge is 0.223 e. The Morgan fingerprint density at radius 1 is 1.41 bits per heavy atom. The lowest BCUT2D eigenvalue weighted by Crippen LogP contribution is -2.44. The number of carbonyl (C=O) groups is 1. The van der Waals surface area contributed by atoms with E-state index in [-0.39, 0.29) is 11.8 Å². The van der Waals surface area contributed by atoms with Gasteiger partial charge in [-0.1, -0.05) is 0 Å². The van der Waals surface area contributed by atoms with Crippen LogP contribution in [-0.2, 0) is 4.79 Å². The van der Waals surface area contributed by atoms with E-state index in [1.807, 2.05) is 4.90 Å². The standard InChI is InChI=1S/C13H21N3O/c1-15-5-2-3-12(9-15)10-16-6-4-11(8-14)7-13(16)17/h11-12H,2-7,9-10H2,1H3. The molecule has 0 N–H and O–H groups in total. The second kappa shape index (κ2) is 5.50. The van der Waals surface area contributed by atoms with Crippen molar-refractivity contribution in [2.45, 2.75) is 25.7 Å². The van der Waals surface area contributed by atoms with Gasteiger partial charge in [0.2, 0.25) is 5.91 Å². The Balaban J connectivity index is 1.83. The highest BCUT2D eigenvalue weighted by Gasteiger charge is 2.28. The maximum atomic E-state index is 11.9. The molecule has 2 saturated heterocycles. The van der Waals surface area contributed by atoms with Crippen LogP contribution in [0.4, 0.5) is 0 Å². The van der Waals surface area contributed by atoms with Crippen LogP contribution in [0.2, 0.25) is 0 Å². The third-order valence-electron chi connectivity index (χ3n) is 3.90. The van der Waals surface area contributed by atoms with E-state index in [0.717, 1.165) is 26.1 Å². The van der Waals surface area contributed by atoms with Crippen molar-refractivity contribution in [3.05, 3.63) is 0 Å². The SMILES string of the molecule is CN1CCCC(CN2CCC(C#N)CC2=O)C1. The lowest BCUT2D eigenvalue weighted by atomic mass is 9.94. The molecular formula is C13H21N3O. The van der Waals surface area contributed by atoms with Gasteiger partial charge < -0.3 is 9.80 Å². The molecule has 4 heteroatoms. The number of hydrogen-bond donors (Lipinski definition) is 0. The first-order valence-corrected chi connectivity index (χ1v) is 6.55. The van der Waals surface area contributed by atoms with Gasteiger partial charge in [0.05, 0.1) is 12.0 Å². The number of carbonyl (C=O) groups excluding carboxylic acids is 1. The number of nitriles is 1. The van der Waals surface area contributed by atoms with Crippen LogP contribution in [0.15, 0.2) is 0 Å². The molecule has 0 aliphatic carbocycles. The van der Waals surface area contributed by atoms with Crippen molar-refractivity contribution in [3.8, 4) is 6.07 Å². The van der Waals surface area contributed by atoms with Gasteiger partial charge in [0, 0.05) is 26.1 Å². The molecule has 2 atom stereocenters. The molecule has 2 unspecified atom stereocenters. The van der Waals surface area contributed by atoms with Gasteiger partial charge in [-0.05, 0) is 38.8 Å². The summed E-state index contributed by atoms with van der Waals surface area (Å²) in [4.78, 5) is 16.2. The summed E-state index contributed by atoms with van der Waals surface area (Å²) in [6, 6.07) is 2.21. The first kappa shape index (κ1) is 12.4. The predicted octanol–water partition coefficient (Wildman–Crippen LogP) is 1.09. The lowest BCUT2D eigenvalue weighted by molar-refractivity contribution is -0.135. The maximum absolute atomic E-state index is 11.9. The zero-order chi connectivity index (χ0) is 12.3. The average Bonchev–Trinajstić information content (AvgIpc) is 2.32. The van der Waals surface area contributed by atoms with Gasteiger partial charge in [-0.2, -0.15) is 5.26 Å². The Bertz CT molecular complexity index is 323. The third-order valence-corrected chi connectivity index (χ3v) is 3.90. The molecule has 2 aliphatic rings. The van der Waals surface area contributed by atoms with E-state index in [1.54, 1.807) is 0 Å². The van der Waals surface area contributed by atoms with Gasteiger partial charge in [0.1, 0.15) is 0 Å². The molecule has 1 amide bonds. The summed E-state index contributed by atoms with van der Waals surface area (Å²) in [5.74, 6) is 0.750. The fourth-order valence-corrected chi connectivity index (χ4v) is 2.92. The van der Waals surface area contributed by atoms with Gasteiger partial charge in [-0.3, -0.25) is 4.79 Å². The first-order chi connectivity index (χ1) is 8.19. The van der Waals surface area contributed by atoms with Crippen LogP contribution in [0.5, 0.6) is 0 Å². The highest BCUT2D eigenvalue weighted by molar-refractivity contribution is 5.77. The quantitative estimate of drug-likeness (QED) is 0.720. The Kier molecular flexibility index (Phi) is 4.01. The Morgan fingerprint density at radius 3 is 2.88 bits per heavy atom. The second-order valence-corrected chi connectivity index (χ2v) is 5.43. The summed E-state index contributed by atoms with van der Waals surface area (Å²) in [5.41, 5.74) is 0. The zero-order valence-electron chi connectivity index (χ0n) is 10.6. The molecule has 2 fully saturated rings. The van der Waals surface area contributed by atoms with Crippen LogP contribution in [0.25, 0.3) is 0 Å². The molecule has 2 rings (SSSR count). The first-order valence-electron chi connectivity index (χ1n) is 6.55. The summed E-state index contributed by atoms with van der Waals surface area (Å²) in [6.45, 7) is 3.95. The molecule has 0 aromatic carbocycles. The number of rotatable bonds is 2. The van der Waals surface area contributed by atoms with E-state index in [0.29, 0.717) is 12.3 Å². The van der Waals surface area contributed by atoms with Crippen LogP contribution in [0, 0.1) is 23.2 Å². The molecular weight excluding hydrogens is 214 g/mol. The van der Waals surface area contributed by atoms with Crippen LogP contribution >= 0.6 is 0 Å². The molecule has 0 aromatic rings. The third kappa shape index (κ3) is 3.19. The topological polar surface area (TPSA) is 47.3 Å². The van der Waals surface area contributed by atoms with Crippen molar-refractivity contribution >= 4 is 5.91 Å². The molecule has 0 spiro atoms. The minimum absolute atomic E-state index is 0.0484. The maximum Gasteiger partial charge on any atom is 0.223 e. The molecule has 0 saturated carbocycles. The Labute approximate surface area is 103 Å². The van der Waals surface area contributed by atoms with E-state index in [1.165, 1.54) is 19.4 Å². The van der Waals surface area contributed by atoms with E-state index in [4.69, 9.17) is 5.26 Å².